The number of ketones is 2. The van der Waals surface area contributed by atoms with Crippen molar-refractivity contribution < 1.29 is 9.59 Å². The lowest BCUT2D eigenvalue weighted by Gasteiger charge is -1.96. The molecule has 0 unspecified atom stereocenters. The first-order valence-corrected chi connectivity index (χ1v) is 6.11. The second-order valence-corrected chi connectivity index (χ2v) is 4.13. The molecular formula is C17H14O2. The van der Waals surface area contributed by atoms with Crippen LogP contribution in [0.1, 0.15) is 27.1 Å². The molecule has 0 bridgehead atoms. The summed E-state index contributed by atoms with van der Waals surface area (Å²) in [5, 5.41) is 0. The van der Waals surface area contributed by atoms with Crippen molar-refractivity contribution in [3.8, 4) is 0 Å². The van der Waals surface area contributed by atoms with E-state index in [4.69, 9.17) is 0 Å². The maximum atomic E-state index is 11.8. The number of benzene rings is 2. The van der Waals surface area contributed by atoms with E-state index in [1.165, 1.54) is 6.08 Å². The zero-order chi connectivity index (χ0) is 13.5. The van der Waals surface area contributed by atoms with Gasteiger partial charge in [0.1, 0.15) is 0 Å². The largest absolute Gasteiger partial charge is 0.294 e. The summed E-state index contributed by atoms with van der Waals surface area (Å²) < 4.78 is 0. The number of carbonyl (C=O) groups excluding carboxylic acids is 2. The van der Waals surface area contributed by atoms with Crippen LogP contribution < -0.4 is 0 Å². The van der Waals surface area contributed by atoms with E-state index in [9.17, 15) is 9.59 Å². The van der Waals surface area contributed by atoms with Crippen molar-refractivity contribution in [1.82, 2.24) is 0 Å². The minimum atomic E-state index is -0.0820. The monoisotopic (exact) mass is 250 g/mol. The summed E-state index contributed by atoms with van der Waals surface area (Å²) in [7, 11) is 0. The molecule has 2 rings (SSSR count). The van der Waals surface area contributed by atoms with Gasteiger partial charge < -0.3 is 0 Å². The highest BCUT2D eigenvalue weighted by molar-refractivity contribution is 6.05. The van der Waals surface area contributed by atoms with Gasteiger partial charge in [-0.2, -0.15) is 0 Å². The van der Waals surface area contributed by atoms with Gasteiger partial charge in [-0.15, -0.1) is 0 Å². The lowest BCUT2D eigenvalue weighted by molar-refractivity contribution is 0.0996. The second kappa shape index (κ2) is 6.45. The molecule has 2 nitrogen and oxygen atoms in total. The molecule has 2 aromatic carbocycles. The van der Waals surface area contributed by atoms with Crippen LogP contribution in [0.25, 0.3) is 0 Å². The Kier molecular flexibility index (Phi) is 4.40. The Labute approximate surface area is 112 Å². The molecule has 0 aliphatic rings. The van der Waals surface area contributed by atoms with Crippen LogP contribution in [0.4, 0.5) is 0 Å². The van der Waals surface area contributed by atoms with E-state index in [-0.39, 0.29) is 18.0 Å². The fourth-order valence-electron chi connectivity index (χ4n) is 1.71. The van der Waals surface area contributed by atoms with E-state index in [0.717, 1.165) is 0 Å². The zero-order valence-electron chi connectivity index (χ0n) is 10.5. The average Bonchev–Trinajstić information content (AvgIpc) is 2.49. The van der Waals surface area contributed by atoms with Gasteiger partial charge in [-0.3, -0.25) is 9.59 Å². The number of rotatable bonds is 5. The first-order valence-electron chi connectivity index (χ1n) is 6.11. The van der Waals surface area contributed by atoms with E-state index < -0.39 is 0 Å². The third-order valence-electron chi connectivity index (χ3n) is 2.73. The standard InChI is InChI=1S/C17H14O2/c18-16(14-8-3-1-4-9-14)12-7-13-17(19)15-10-5-2-6-11-15/h1-12H,13H2/b12-7+. The van der Waals surface area contributed by atoms with Crippen molar-refractivity contribution >= 4 is 11.6 Å². The molecule has 0 aromatic heterocycles. The van der Waals surface area contributed by atoms with Crippen LogP contribution in [0.3, 0.4) is 0 Å². The van der Waals surface area contributed by atoms with Crippen LogP contribution in [0.15, 0.2) is 72.8 Å². The molecule has 0 atom stereocenters. The summed E-state index contributed by atoms with van der Waals surface area (Å²) in [5.41, 5.74) is 1.30. The van der Waals surface area contributed by atoms with E-state index in [1.807, 2.05) is 36.4 Å². The van der Waals surface area contributed by atoms with Crippen molar-refractivity contribution in [3.05, 3.63) is 83.9 Å². The number of allylic oxidation sites excluding steroid dienone is 2. The molecule has 0 saturated heterocycles. The lowest BCUT2D eigenvalue weighted by atomic mass is 10.1. The van der Waals surface area contributed by atoms with Gasteiger partial charge in [-0.1, -0.05) is 66.7 Å². The van der Waals surface area contributed by atoms with Gasteiger partial charge in [0, 0.05) is 17.5 Å². The highest BCUT2D eigenvalue weighted by Crippen LogP contribution is 2.05. The third-order valence-corrected chi connectivity index (χ3v) is 2.73. The molecule has 0 radical (unpaired) electrons. The fourth-order valence-corrected chi connectivity index (χ4v) is 1.71. The van der Waals surface area contributed by atoms with E-state index in [0.29, 0.717) is 11.1 Å². The predicted molar refractivity (Wildman–Crippen MR) is 75.3 cm³/mol. The van der Waals surface area contributed by atoms with Gasteiger partial charge in [0.15, 0.2) is 11.6 Å². The van der Waals surface area contributed by atoms with Crippen LogP contribution >= 0.6 is 0 Å². The maximum absolute atomic E-state index is 11.8. The van der Waals surface area contributed by atoms with Gasteiger partial charge in [0.25, 0.3) is 0 Å². The Morgan fingerprint density at radius 3 is 1.89 bits per heavy atom. The molecule has 0 saturated carbocycles. The molecule has 0 heterocycles. The number of hydrogen-bond donors (Lipinski definition) is 0. The number of Topliss-reactive ketones (excluding diaryl/α,β-unsaturated/α-hetero) is 1. The van der Waals surface area contributed by atoms with E-state index >= 15 is 0 Å². The summed E-state index contributed by atoms with van der Waals surface area (Å²) in [4.78, 5) is 23.6. The summed E-state index contributed by atoms with van der Waals surface area (Å²) >= 11 is 0. The quantitative estimate of drug-likeness (QED) is 0.599. The van der Waals surface area contributed by atoms with Gasteiger partial charge in [0.2, 0.25) is 0 Å². The molecule has 0 spiro atoms. The minimum Gasteiger partial charge on any atom is -0.294 e. The SMILES string of the molecule is O=C(/C=C/CC(=O)c1ccccc1)c1ccccc1. The Hall–Kier alpha value is -2.48. The normalized spacial score (nSPS) is 10.5. The van der Waals surface area contributed by atoms with Crippen molar-refractivity contribution in [2.75, 3.05) is 0 Å². The molecule has 0 amide bonds. The van der Waals surface area contributed by atoms with Crippen molar-refractivity contribution in [2.45, 2.75) is 6.42 Å². The Morgan fingerprint density at radius 1 is 0.789 bits per heavy atom. The molecule has 0 aliphatic carbocycles. The van der Waals surface area contributed by atoms with E-state index in [2.05, 4.69) is 0 Å². The summed E-state index contributed by atoms with van der Waals surface area (Å²) in [6, 6.07) is 18.1. The van der Waals surface area contributed by atoms with E-state index in [1.54, 1.807) is 30.3 Å². The van der Waals surface area contributed by atoms with Gasteiger partial charge in [-0.25, -0.2) is 0 Å². The molecule has 2 heteroatoms. The summed E-state index contributed by atoms with van der Waals surface area (Å²) in [5.74, 6) is -0.0702. The van der Waals surface area contributed by atoms with Gasteiger partial charge >= 0.3 is 0 Å². The molecule has 94 valence electrons. The van der Waals surface area contributed by atoms with Crippen LogP contribution in [0.5, 0.6) is 0 Å². The van der Waals surface area contributed by atoms with Crippen molar-refractivity contribution in [1.29, 1.82) is 0 Å². The van der Waals surface area contributed by atoms with Gasteiger partial charge in [0.05, 0.1) is 0 Å². The molecule has 0 N–H and O–H groups in total. The topological polar surface area (TPSA) is 34.1 Å². The Balaban J connectivity index is 1.94. The fraction of sp³-hybridized carbons (Fsp3) is 0.0588. The Morgan fingerprint density at radius 2 is 1.32 bits per heavy atom. The number of hydrogen-bond acceptors (Lipinski definition) is 2. The second-order valence-electron chi connectivity index (χ2n) is 4.13. The first-order chi connectivity index (χ1) is 9.27. The smallest absolute Gasteiger partial charge is 0.185 e. The summed E-state index contributed by atoms with van der Waals surface area (Å²) in [6.07, 6.45) is 3.31. The Bertz CT molecular complexity index is 583. The molecular weight excluding hydrogens is 236 g/mol. The molecule has 2 aromatic rings. The van der Waals surface area contributed by atoms with Crippen LogP contribution in [0, 0.1) is 0 Å². The lowest BCUT2D eigenvalue weighted by Crippen LogP contribution is -1.98. The van der Waals surface area contributed by atoms with Crippen molar-refractivity contribution in [3.63, 3.8) is 0 Å². The average molecular weight is 250 g/mol. The number of carbonyl (C=O) groups is 2. The first kappa shape index (κ1) is 13.0. The van der Waals surface area contributed by atoms with Gasteiger partial charge in [-0.05, 0) is 6.08 Å². The highest BCUT2D eigenvalue weighted by atomic mass is 16.1. The third kappa shape index (κ3) is 3.75. The molecule has 0 aliphatic heterocycles. The highest BCUT2D eigenvalue weighted by Gasteiger charge is 2.03. The zero-order valence-corrected chi connectivity index (χ0v) is 10.5. The predicted octanol–water partition coefficient (Wildman–Crippen LogP) is 3.70. The molecule has 0 fully saturated rings. The van der Waals surface area contributed by atoms with Crippen molar-refractivity contribution in [2.24, 2.45) is 0 Å². The van der Waals surface area contributed by atoms with Crippen LogP contribution in [-0.2, 0) is 0 Å². The molecule has 19 heavy (non-hydrogen) atoms. The van der Waals surface area contributed by atoms with Crippen LogP contribution in [0.2, 0.25) is 0 Å². The van der Waals surface area contributed by atoms with Crippen LogP contribution in [-0.4, -0.2) is 11.6 Å². The summed E-state index contributed by atoms with van der Waals surface area (Å²) in [6.45, 7) is 0. The minimum absolute atomic E-state index is 0.0118. The maximum Gasteiger partial charge on any atom is 0.185 e.